The third kappa shape index (κ3) is 3.59. The third-order valence-corrected chi connectivity index (χ3v) is 5.67. The topological polar surface area (TPSA) is 103 Å². The molecule has 1 aromatic heterocycles. The zero-order valence-corrected chi connectivity index (χ0v) is 17.0. The van der Waals surface area contributed by atoms with Crippen LogP contribution in [0.2, 0.25) is 0 Å². The lowest BCUT2D eigenvalue weighted by atomic mass is 9.83. The molecule has 0 aliphatic heterocycles. The summed E-state index contributed by atoms with van der Waals surface area (Å²) in [5.74, 6) is 0.436. The van der Waals surface area contributed by atoms with E-state index in [0.717, 1.165) is 24.8 Å². The summed E-state index contributed by atoms with van der Waals surface area (Å²) in [6.07, 6.45) is 2.37. The molecule has 4 rings (SSSR count). The van der Waals surface area contributed by atoms with Crippen LogP contribution in [0.1, 0.15) is 29.2 Å². The predicted molar refractivity (Wildman–Crippen MR) is 116 cm³/mol. The third-order valence-electron chi connectivity index (χ3n) is 5.67. The predicted octanol–water partition coefficient (Wildman–Crippen LogP) is 4.26. The first kappa shape index (κ1) is 19.8. The number of hydrogen-bond donors (Lipinski definition) is 2. The first-order chi connectivity index (χ1) is 14.4. The van der Waals surface area contributed by atoms with Gasteiger partial charge in [-0.05, 0) is 53.6 Å². The Morgan fingerprint density at radius 1 is 1.17 bits per heavy atom. The fraction of sp³-hybridized carbons (Fsp3) is 0.261. The Hall–Kier alpha value is -3.45. The second-order valence-electron chi connectivity index (χ2n) is 7.61. The molecule has 30 heavy (non-hydrogen) atoms. The number of nitrogens with one attached hydrogen (secondary N) is 1. The van der Waals surface area contributed by atoms with Crippen LogP contribution in [0.25, 0.3) is 0 Å². The van der Waals surface area contributed by atoms with Gasteiger partial charge in [-0.15, -0.1) is 0 Å². The van der Waals surface area contributed by atoms with Gasteiger partial charge in [0.25, 0.3) is 0 Å². The number of anilines is 2. The number of hydrogen-bond acceptors (Lipinski definition) is 6. The van der Waals surface area contributed by atoms with Crippen molar-refractivity contribution in [3.05, 3.63) is 87.0 Å². The molecule has 0 bridgehead atoms. The highest BCUT2D eigenvalue weighted by Gasteiger charge is 2.36. The van der Waals surface area contributed by atoms with Crippen LogP contribution in [0, 0.1) is 10.1 Å². The van der Waals surface area contributed by atoms with Crippen molar-refractivity contribution in [3.63, 3.8) is 0 Å². The molecule has 0 saturated heterocycles. The molecule has 1 heterocycles. The van der Waals surface area contributed by atoms with Gasteiger partial charge in [0.15, 0.2) is 0 Å². The molecule has 2 aromatic carbocycles. The van der Waals surface area contributed by atoms with E-state index in [2.05, 4.69) is 29.4 Å². The van der Waals surface area contributed by atoms with Crippen LogP contribution < -0.4 is 15.8 Å². The monoisotopic (exact) mass is 404 g/mol. The molecule has 0 unspecified atom stereocenters. The molecule has 3 aromatic rings. The standard InChI is InChI=1S/C23H24N4O3/c1-3-15-8-9-18(25-22-20(27(28)29)10-11-21(26-22)30-2)12-19(15)23(24)13-16-6-4-5-7-17(16)14-23/h4-12H,3,13-14,24H2,1-2H3,(H,25,26). The molecule has 0 radical (unpaired) electrons. The number of fused-ring (bicyclic) bond motifs is 1. The van der Waals surface area contributed by atoms with Gasteiger partial charge in [0.1, 0.15) is 0 Å². The molecule has 0 saturated carbocycles. The highest BCUT2D eigenvalue weighted by Crippen LogP contribution is 2.39. The molecule has 7 nitrogen and oxygen atoms in total. The van der Waals surface area contributed by atoms with Crippen molar-refractivity contribution in [2.75, 3.05) is 12.4 Å². The number of methoxy groups -OCH3 is 1. The average Bonchev–Trinajstić information content (AvgIpc) is 3.10. The Kier molecular flexibility index (Phi) is 5.13. The Balaban J connectivity index is 1.72. The van der Waals surface area contributed by atoms with E-state index in [9.17, 15) is 10.1 Å². The molecule has 0 amide bonds. The van der Waals surface area contributed by atoms with Crippen LogP contribution in [-0.4, -0.2) is 17.0 Å². The summed E-state index contributed by atoms with van der Waals surface area (Å²) in [6.45, 7) is 2.10. The smallest absolute Gasteiger partial charge is 0.311 e. The second-order valence-corrected chi connectivity index (χ2v) is 7.61. The van der Waals surface area contributed by atoms with Crippen molar-refractivity contribution in [1.29, 1.82) is 0 Å². The van der Waals surface area contributed by atoms with E-state index in [4.69, 9.17) is 10.5 Å². The molecule has 1 aliphatic carbocycles. The molecular formula is C23H24N4O3. The highest BCUT2D eigenvalue weighted by atomic mass is 16.6. The van der Waals surface area contributed by atoms with E-state index >= 15 is 0 Å². The van der Waals surface area contributed by atoms with Crippen LogP contribution >= 0.6 is 0 Å². The molecule has 7 heteroatoms. The lowest BCUT2D eigenvalue weighted by Crippen LogP contribution is -2.38. The van der Waals surface area contributed by atoms with Crippen molar-refractivity contribution in [1.82, 2.24) is 4.98 Å². The van der Waals surface area contributed by atoms with Gasteiger partial charge in [-0.3, -0.25) is 10.1 Å². The number of pyridine rings is 1. The Bertz CT molecular complexity index is 1090. The van der Waals surface area contributed by atoms with E-state index in [1.54, 1.807) is 0 Å². The number of aryl methyl sites for hydroxylation is 1. The molecular weight excluding hydrogens is 380 g/mol. The van der Waals surface area contributed by atoms with E-state index in [1.807, 2.05) is 30.3 Å². The molecule has 1 aliphatic rings. The van der Waals surface area contributed by atoms with Crippen molar-refractivity contribution in [2.24, 2.45) is 5.73 Å². The molecule has 0 fully saturated rings. The number of nitrogens with zero attached hydrogens (tertiary/aromatic N) is 2. The minimum absolute atomic E-state index is 0.118. The van der Waals surface area contributed by atoms with E-state index in [1.165, 1.54) is 35.9 Å². The van der Waals surface area contributed by atoms with Gasteiger partial charge in [0, 0.05) is 23.4 Å². The molecule has 0 spiro atoms. The maximum absolute atomic E-state index is 11.4. The number of nitrogens with two attached hydrogens (primary N) is 1. The maximum atomic E-state index is 11.4. The van der Waals surface area contributed by atoms with E-state index in [-0.39, 0.29) is 11.5 Å². The summed E-state index contributed by atoms with van der Waals surface area (Å²) < 4.78 is 5.13. The number of nitro groups is 1. The first-order valence-corrected chi connectivity index (χ1v) is 9.89. The number of ether oxygens (including phenoxy) is 1. The van der Waals surface area contributed by atoms with E-state index in [0.29, 0.717) is 11.6 Å². The Morgan fingerprint density at radius 2 is 1.87 bits per heavy atom. The summed E-state index contributed by atoms with van der Waals surface area (Å²) in [5, 5.41) is 14.5. The zero-order chi connectivity index (χ0) is 21.3. The summed E-state index contributed by atoms with van der Waals surface area (Å²) in [4.78, 5) is 15.2. The van der Waals surface area contributed by atoms with Crippen LogP contribution in [0.3, 0.4) is 0 Å². The first-order valence-electron chi connectivity index (χ1n) is 9.89. The van der Waals surface area contributed by atoms with Gasteiger partial charge in [-0.25, -0.2) is 0 Å². The van der Waals surface area contributed by atoms with Gasteiger partial charge in [0.05, 0.1) is 12.0 Å². The highest BCUT2D eigenvalue weighted by molar-refractivity contribution is 5.67. The number of benzene rings is 2. The molecule has 3 N–H and O–H groups in total. The van der Waals surface area contributed by atoms with Crippen molar-refractivity contribution >= 4 is 17.2 Å². The zero-order valence-electron chi connectivity index (χ0n) is 17.0. The van der Waals surface area contributed by atoms with Gasteiger partial charge in [-0.2, -0.15) is 4.98 Å². The Morgan fingerprint density at radius 3 is 2.47 bits per heavy atom. The fourth-order valence-electron chi connectivity index (χ4n) is 4.18. The van der Waals surface area contributed by atoms with Crippen LogP contribution in [-0.2, 0) is 24.8 Å². The van der Waals surface area contributed by atoms with Crippen molar-refractivity contribution in [3.8, 4) is 5.88 Å². The largest absolute Gasteiger partial charge is 0.481 e. The summed E-state index contributed by atoms with van der Waals surface area (Å²) >= 11 is 0. The fourth-order valence-corrected chi connectivity index (χ4v) is 4.18. The number of rotatable bonds is 6. The summed E-state index contributed by atoms with van der Waals surface area (Å²) in [5.41, 5.74) is 11.8. The van der Waals surface area contributed by atoms with Gasteiger partial charge in [-0.1, -0.05) is 37.3 Å². The van der Waals surface area contributed by atoms with Gasteiger partial charge in [0.2, 0.25) is 11.7 Å². The normalized spacial score (nSPS) is 14.2. The maximum Gasteiger partial charge on any atom is 0.311 e. The molecule has 154 valence electrons. The van der Waals surface area contributed by atoms with Gasteiger partial charge >= 0.3 is 5.69 Å². The minimum atomic E-state index is -0.513. The summed E-state index contributed by atoms with van der Waals surface area (Å²) in [6, 6.07) is 17.1. The Labute approximate surface area is 175 Å². The molecule has 0 atom stereocenters. The lowest BCUT2D eigenvalue weighted by molar-refractivity contribution is -0.384. The lowest BCUT2D eigenvalue weighted by Gasteiger charge is -2.28. The SMILES string of the molecule is CCc1ccc(Nc2nc(OC)ccc2[N+](=O)[O-])cc1C1(N)Cc2ccccc2C1. The van der Waals surface area contributed by atoms with E-state index < -0.39 is 10.5 Å². The summed E-state index contributed by atoms with van der Waals surface area (Å²) in [7, 11) is 1.47. The van der Waals surface area contributed by atoms with Gasteiger partial charge < -0.3 is 15.8 Å². The van der Waals surface area contributed by atoms with Crippen LogP contribution in [0.15, 0.2) is 54.6 Å². The average molecular weight is 404 g/mol. The van der Waals surface area contributed by atoms with Crippen molar-refractivity contribution < 1.29 is 9.66 Å². The minimum Gasteiger partial charge on any atom is -0.481 e. The van der Waals surface area contributed by atoms with Crippen LogP contribution in [0.4, 0.5) is 17.2 Å². The number of aromatic nitrogens is 1. The van der Waals surface area contributed by atoms with Crippen LogP contribution in [0.5, 0.6) is 5.88 Å². The second kappa shape index (κ2) is 7.76. The quantitative estimate of drug-likeness (QED) is 0.470. The van der Waals surface area contributed by atoms with Crippen molar-refractivity contribution in [2.45, 2.75) is 31.7 Å².